The molecule has 9 nitrogen and oxygen atoms in total. The summed E-state index contributed by atoms with van der Waals surface area (Å²) in [6.07, 6.45) is 1.56. The average Bonchev–Trinajstić information content (AvgIpc) is 3.33. The van der Waals surface area contributed by atoms with Crippen LogP contribution in [0.15, 0.2) is 57.2 Å². The zero-order chi connectivity index (χ0) is 23.7. The van der Waals surface area contributed by atoms with Crippen molar-refractivity contribution in [3.8, 4) is 11.3 Å². The molecule has 0 atom stereocenters. The number of carbonyl (C=O) groups excluding carboxylic acids is 1. The van der Waals surface area contributed by atoms with Crippen LogP contribution in [0.2, 0.25) is 0 Å². The maximum atomic E-state index is 12.8. The minimum absolute atomic E-state index is 0.0241. The molecule has 3 aromatic heterocycles. The molecule has 4 aromatic rings. The second kappa shape index (κ2) is 9.16. The number of nitrogens with zero attached hydrogens (tertiary/aromatic N) is 3. The van der Waals surface area contributed by atoms with Gasteiger partial charge in [-0.05, 0) is 12.1 Å². The fraction of sp³-hybridized carbons (Fsp3) is 0.208. The van der Waals surface area contributed by atoms with E-state index in [0.717, 1.165) is 0 Å². The number of anilines is 1. The molecule has 1 saturated heterocycles. The lowest BCUT2D eigenvalue weighted by Crippen LogP contribution is -2.36. The number of morpholine rings is 1. The van der Waals surface area contributed by atoms with Gasteiger partial charge in [0.05, 0.1) is 24.5 Å². The Morgan fingerprint density at radius 2 is 1.94 bits per heavy atom. The van der Waals surface area contributed by atoms with Crippen LogP contribution in [0, 0.1) is 5.41 Å². The van der Waals surface area contributed by atoms with E-state index in [-0.39, 0.29) is 22.9 Å². The van der Waals surface area contributed by atoms with Gasteiger partial charge in [-0.1, -0.05) is 18.2 Å². The summed E-state index contributed by atoms with van der Waals surface area (Å²) in [7, 11) is 1.54. The topological polar surface area (TPSA) is 121 Å². The van der Waals surface area contributed by atoms with Gasteiger partial charge in [0.1, 0.15) is 10.4 Å². The Labute approximate surface area is 198 Å². The number of rotatable bonds is 5. The molecule has 1 aromatic carbocycles. The molecule has 0 aliphatic carbocycles. The number of hydrogen-bond donors (Lipinski definition) is 2. The molecule has 0 unspecified atom stereocenters. The van der Waals surface area contributed by atoms with E-state index in [2.05, 4.69) is 15.3 Å². The van der Waals surface area contributed by atoms with Crippen LogP contribution in [0.3, 0.4) is 0 Å². The Morgan fingerprint density at radius 3 is 2.71 bits per heavy atom. The van der Waals surface area contributed by atoms with E-state index in [1.165, 1.54) is 17.4 Å². The lowest BCUT2D eigenvalue weighted by atomic mass is 10.0. The van der Waals surface area contributed by atoms with Gasteiger partial charge in [-0.2, -0.15) is 0 Å². The minimum atomic E-state index is -0.294. The Hall–Kier alpha value is -3.89. The fourth-order valence-corrected chi connectivity index (χ4v) is 4.73. The van der Waals surface area contributed by atoms with Crippen molar-refractivity contribution >= 4 is 39.1 Å². The van der Waals surface area contributed by atoms with Crippen LogP contribution in [0.4, 0.5) is 5.88 Å². The quantitative estimate of drug-likeness (QED) is 0.426. The van der Waals surface area contributed by atoms with Crippen LogP contribution in [0.5, 0.6) is 0 Å². The number of nitrogens with one attached hydrogen (secondary N) is 2. The maximum absolute atomic E-state index is 12.8. The van der Waals surface area contributed by atoms with Gasteiger partial charge in [0.15, 0.2) is 17.3 Å². The smallest absolute Gasteiger partial charge is 0.251 e. The van der Waals surface area contributed by atoms with Gasteiger partial charge in [-0.3, -0.25) is 15.0 Å². The summed E-state index contributed by atoms with van der Waals surface area (Å²) in [5.41, 5.74) is 2.35. The Morgan fingerprint density at radius 1 is 1.18 bits per heavy atom. The molecule has 1 aliphatic rings. The molecule has 0 spiro atoms. The van der Waals surface area contributed by atoms with E-state index in [4.69, 9.17) is 14.6 Å². The Kier molecular flexibility index (Phi) is 5.91. The van der Waals surface area contributed by atoms with Crippen molar-refractivity contribution in [3.05, 3.63) is 75.1 Å². The van der Waals surface area contributed by atoms with Crippen molar-refractivity contribution in [2.75, 3.05) is 38.3 Å². The van der Waals surface area contributed by atoms with Crippen molar-refractivity contribution in [3.63, 3.8) is 0 Å². The first-order valence-corrected chi connectivity index (χ1v) is 11.6. The summed E-state index contributed by atoms with van der Waals surface area (Å²) in [6, 6.07) is 10.1. The van der Waals surface area contributed by atoms with E-state index < -0.39 is 0 Å². The van der Waals surface area contributed by atoms with Crippen molar-refractivity contribution in [1.82, 2.24) is 15.3 Å². The highest BCUT2D eigenvalue weighted by molar-refractivity contribution is 7.17. The highest BCUT2D eigenvalue weighted by Crippen LogP contribution is 2.33. The first-order valence-electron chi connectivity index (χ1n) is 10.7. The second-order valence-electron chi connectivity index (χ2n) is 7.62. The number of ether oxygens (including phenoxy) is 1. The Bertz CT molecular complexity index is 1460. The van der Waals surface area contributed by atoms with Crippen molar-refractivity contribution in [2.45, 2.75) is 0 Å². The largest absolute Gasteiger partial charge is 0.439 e. The van der Waals surface area contributed by atoms with Crippen LogP contribution in [0.25, 0.3) is 21.5 Å². The number of carbonyl (C=O) groups is 1. The van der Waals surface area contributed by atoms with Crippen molar-refractivity contribution in [1.29, 1.82) is 5.41 Å². The fourth-order valence-electron chi connectivity index (χ4n) is 3.83. The van der Waals surface area contributed by atoms with Crippen molar-refractivity contribution in [2.24, 2.45) is 0 Å². The molecule has 0 radical (unpaired) electrons. The molecule has 5 rings (SSSR count). The van der Waals surface area contributed by atoms with Crippen LogP contribution < -0.4 is 15.6 Å². The molecule has 2 N–H and O–H groups in total. The van der Waals surface area contributed by atoms with E-state index in [0.29, 0.717) is 64.9 Å². The van der Waals surface area contributed by atoms with Gasteiger partial charge in [-0.15, -0.1) is 11.3 Å². The van der Waals surface area contributed by atoms with Gasteiger partial charge in [0.2, 0.25) is 5.43 Å². The summed E-state index contributed by atoms with van der Waals surface area (Å²) in [5, 5.41) is 13.1. The first-order chi connectivity index (χ1) is 16.6. The highest BCUT2D eigenvalue weighted by atomic mass is 32.1. The molecule has 10 heteroatoms. The molecule has 0 bridgehead atoms. The normalized spacial score (nSPS) is 13.7. The second-order valence-corrected chi connectivity index (χ2v) is 8.50. The van der Waals surface area contributed by atoms with E-state index in [9.17, 15) is 9.59 Å². The van der Waals surface area contributed by atoms with Gasteiger partial charge >= 0.3 is 0 Å². The lowest BCUT2D eigenvalue weighted by molar-refractivity contribution is 0.0963. The first kappa shape index (κ1) is 21.9. The lowest BCUT2D eigenvalue weighted by Gasteiger charge is -2.27. The van der Waals surface area contributed by atoms with Gasteiger partial charge in [0.25, 0.3) is 5.91 Å². The predicted octanol–water partition coefficient (Wildman–Crippen LogP) is 2.92. The van der Waals surface area contributed by atoms with E-state index >= 15 is 0 Å². The van der Waals surface area contributed by atoms with Crippen LogP contribution in [-0.2, 0) is 4.74 Å². The minimum Gasteiger partial charge on any atom is -0.439 e. The molecule has 34 heavy (non-hydrogen) atoms. The monoisotopic (exact) mass is 475 g/mol. The van der Waals surface area contributed by atoms with E-state index in [1.54, 1.807) is 43.6 Å². The molecule has 1 fully saturated rings. The number of fused-ring (bicyclic) bond motifs is 1. The number of amides is 1. The summed E-state index contributed by atoms with van der Waals surface area (Å²) < 4.78 is 12.1. The molecule has 1 amide bonds. The number of aromatic nitrogens is 2. The van der Waals surface area contributed by atoms with Crippen LogP contribution >= 0.6 is 11.3 Å². The van der Waals surface area contributed by atoms with Gasteiger partial charge in [-0.25, -0.2) is 9.97 Å². The third-order valence-corrected chi connectivity index (χ3v) is 6.55. The summed E-state index contributed by atoms with van der Waals surface area (Å²) in [4.78, 5) is 35.9. The third-order valence-electron chi connectivity index (χ3n) is 5.58. The number of hydrogen-bond acceptors (Lipinski definition) is 9. The third kappa shape index (κ3) is 3.97. The summed E-state index contributed by atoms with van der Waals surface area (Å²) >= 11 is 1.29. The zero-order valence-electron chi connectivity index (χ0n) is 18.3. The summed E-state index contributed by atoms with van der Waals surface area (Å²) in [5.74, 6) is 0.375. The molecular formula is C24H21N5O4S. The maximum Gasteiger partial charge on any atom is 0.251 e. The van der Waals surface area contributed by atoms with Crippen LogP contribution in [0.1, 0.15) is 21.7 Å². The Balaban J connectivity index is 1.56. The molecule has 1 aliphatic heterocycles. The van der Waals surface area contributed by atoms with Gasteiger partial charge in [0, 0.05) is 48.9 Å². The molecule has 0 saturated carbocycles. The molecular weight excluding hydrogens is 454 g/mol. The highest BCUT2D eigenvalue weighted by Gasteiger charge is 2.21. The predicted molar refractivity (Wildman–Crippen MR) is 130 cm³/mol. The van der Waals surface area contributed by atoms with Gasteiger partial charge < -0.3 is 19.4 Å². The van der Waals surface area contributed by atoms with E-state index in [1.807, 2.05) is 10.3 Å². The summed E-state index contributed by atoms with van der Waals surface area (Å²) in [6.45, 7) is 2.45. The standard InChI is InChI=1S/C24H21N5O4S/c1-26-24(31)15-5-3-2-4-14(15)20(25)23-27-7-6-17(28-23)16-13-34-22-18(30)12-19(33-21(16)22)29-8-10-32-11-9-29/h2-7,12-13,25H,8-11H2,1H3,(H,26,31). The SMILES string of the molecule is CNC(=O)c1ccccc1C(=N)c1nccc(-c2csc3c(=O)cc(N4CCOCC4)oc23)n1. The van der Waals surface area contributed by atoms with Crippen molar-refractivity contribution < 1.29 is 13.9 Å². The number of thiophene rings is 1. The molecule has 4 heterocycles. The van der Waals surface area contributed by atoms with Crippen LogP contribution in [-0.4, -0.2) is 54.9 Å². The molecule has 172 valence electrons. The average molecular weight is 476 g/mol. The zero-order valence-corrected chi connectivity index (χ0v) is 19.1. The number of benzene rings is 1.